The molecule has 0 amide bonds. The maximum absolute atomic E-state index is 2.48. The van der Waals surface area contributed by atoms with Crippen LogP contribution in [0.15, 0.2) is 24.3 Å². The zero-order valence-electron chi connectivity index (χ0n) is 23.2. The number of hydrogen-bond acceptors (Lipinski definition) is 0. The Hall–Kier alpha value is -0.780. The highest BCUT2D eigenvalue weighted by molar-refractivity contribution is 5.23. The van der Waals surface area contributed by atoms with Gasteiger partial charge in [0.15, 0.2) is 0 Å². The number of hydrogen-bond donors (Lipinski definition) is 0. The van der Waals surface area contributed by atoms with Crippen molar-refractivity contribution in [2.24, 2.45) is 23.7 Å². The van der Waals surface area contributed by atoms with Gasteiger partial charge in [-0.05, 0) is 60.5 Å². The number of benzene rings is 1. The third-order valence-corrected chi connectivity index (χ3v) is 9.53. The molecule has 1 aromatic rings. The SMILES string of the molecule is CCCCCCCc1ccc(CC(CCC2CCC(CCCCC)CC2)C2CCCCC2)cc1. The van der Waals surface area contributed by atoms with E-state index in [1.807, 2.05) is 0 Å². The summed E-state index contributed by atoms with van der Waals surface area (Å²) in [6.45, 7) is 4.64. The summed E-state index contributed by atoms with van der Waals surface area (Å²) in [5, 5.41) is 0. The van der Waals surface area contributed by atoms with E-state index in [1.165, 1.54) is 141 Å². The van der Waals surface area contributed by atoms with Gasteiger partial charge in [-0.25, -0.2) is 0 Å². The minimum atomic E-state index is 0.933. The highest BCUT2D eigenvalue weighted by Gasteiger charge is 2.26. The number of aryl methyl sites for hydroxylation is 1. The summed E-state index contributed by atoms with van der Waals surface area (Å²) in [6.07, 6.45) is 32.0. The molecular weight excluding hydrogens is 408 g/mol. The molecule has 0 spiro atoms. The van der Waals surface area contributed by atoms with Crippen molar-refractivity contribution < 1.29 is 0 Å². The first kappa shape index (κ1) is 27.8. The van der Waals surface area contributed by atoms with Gasteiger partial charge >= 0.3 is 0 Å². The van der Waals surface area contributed by atoms with Crippen LogP contribution in [-0.4, -0.2) is 0 Å². The molecule has 3 rings (SSSR count). The summed E-state index contributed by atoms with van der Waals surface area (Å²) in [5.41, 5.74) is 3.18. The number of unbranched alkanes of at least 4 members (excludes halogenated alkanes) is 6. The summed E-state index contributed by atoms with van der Waals surface area (Å²) in [7, 11) is 0. The fourth-order valence-corrected chi connectivity index (χ4v) is 7.13. The quantitative estimate of drug-likeness (QED) is 0.212. The lowest BCUT2D eigenvalue weighted by Gasteiger charge is -2.33. The van der Waals surface area contributed by atoms with Crippen LogP contribution in [0.25, 0.3) is 0 Å². The van der Waals surface area contributed by atoms with Crippen LogP contribution < -0.4 is 0 Å². The summed E-state index contributed by atoms with van der Waals surface area (Å²) in [4.78, 5) is 0. The molecule has 0 heteroatoms. The maximum atomic E-state index is 2.48. The molecule has 34 heavy (non-hydrogen) atoms. The van der Waals surface area contributed by atoms with Crippen molar-refractivity contribution in [2.45, 2.75) is 155 Å². The standard InChI is InChI=1S/C34H58/c1-3-5-7-8-11-15-30-22-24-32(25-23-30)28-34(33-16-12-9-13-17-33)27-26-31-20-18-29(19-21-31)14-10-6-4-2/h22-25,29,31,33-34H,3-21,26-28H2,1-2H3. The van der Waals surface area contributed by atoms with Crippen LogP contribution in [0.2, 0.25) is 0 Å². The van der Waals surface area contributed by atoms with E-state index in [1.54, 1.807) is 11.1 Å². The Balaban J connectivity index is 1.44. The predicted octanol–water partition coefficient (Wildman–Crippen LogP) is 11.1. The average Bonchev–Trinajstić information content (AvgIpc) is 2.89. The van der Waals surface area contributed by atoms with Crippen molar-refractivity contribution in [3.8, 4) is 0 Å². The average molecular weight is 467 g/mol. The molecule has 2 aliphatic carbocycles. The van der Waals surface area contributed by atoms with E-state index < -0.39 is 0 Å². The van der Waals surface area contributed by atoms with Crippen molar-refractivity contribution in [3.63, 3.8) is 0 Å². The predicted molar refractivity (Wildman–Crippen MR) is 151 cm³/mol. The Morgan fingerprint density at radius 3 is 1.88 bits per heavy atom. The first-order valence-corrected chi connectivity index (χ1v) is 15.9. The Morgan fingerprint density at radius 1 is 0.618 bits per heavy atom. The van der Waals surface area contributed by atoms with Crippen molar-refractivity contribution >= 4 is 0 Å². The lowest BCUT2D eigenvalue weighted by Crippen LogP contribution is -2.22. The lowest BCUT2D eigenvalue weighted by molar-refractivity contribution is 0.196. The van der Waals surface area contributed by atoms with Gasteiger partial charge in [0, 0.05) is 0 Å². The van der Waals surface area contributed by atoms with Crippen molar-refractivity contribution in [1.29, 1.82) is 0 Å². The minimum absolute atomic E-state index is 0.933. The molecule has 2 saturated carbocycles. The Morgan fingerprint density at radius 2 is 1.21 bits per heavy atom. The van der Waals surface area contributed by atoms with Gasteiger partial charge in [-0.1, -0.05) is 154 Å². The monoisotopic (exact) mass is 466 g/mol. The molecule has 0 N–H and O–H groups in total. The first-order valence-electron chi connectivity index (χ1n) is 15.9. The minimum Gasteiger partial charge on any atom is -0.0654 e. The molecule has 2 aliphatic rings. The van der Waals surface area contributed by atoms with E-state index in [2.05, 4.69) is 38.1 Å². The maximum Gasteiger partial charge on any atom is -0.0248 e. The Kier molecular flexibility index (Phi) is 13.7. The van der Waals surface area contributed by atoms with E-state index in [0.717, 1.165) is 23.7 Å². The van der Waals surface area contributed by atoms with Crippen molar-refractivity contribution in [2.75, 3.05) is 0 Å². The van der Waals surface area contributed by atoms with E-state index in [-0.39, 0.29) is 0 Å². The van der Waals surface area contributed by atoms with Crippen LogP contribution in [0.4, 0.5) is 0 Å². The molecule has 0 saturated heterocycles. The van der Waals surface area contributed by atoms with Gasteiger partial charge < -0.3 is 0 Å². The normalized spacial score (nSPS) is 22.6. The summed E-state index contributed by atoms with van der Waals surface area (Å²) in [6, 6.07) is 9.87. The van der Waals surface area contributed by atoms with Crippen LogP contribution in [-0.2, 0) is 12.8 Å². The first-order chi connectivity index (χ1) is 16.8. The smallest absolute Gasteiger partial charge is 0.0248 e. The van der Waals surface area contributed by atoms with Crippen LogP contribution in [0.3, 0.4) is 0 Å². The third-order valence-electron chi connectivity index (χ3n) is 9.53. The van der Waals surface area contributed by atoms with Gasteiger partial charge in [0.2, 0.25) is 0 Å². The molecule has 0 radical (unpaired) electrons. The van der Waals surface area contributed by atoms with Gasteiger partial charge in [-0.3, -0.25) is 0 Å². The highest BCUT2D eigenvalue weighted by Crippen LogP contribution is 2.39. The van der Waals surface area contributed by atoms with E-state index >= 15 is 0 Å². The van der Waals surface area contributed by atoms with Gasteiger partial charge in [-0.2, -0.15) is 0 Å². The third kappa shape index (κ3) is 10.5. The van der Waals surface area contributed by atoms with Crippen LogP contribution in [0.1, 0.15) is 153 Å². The molecule has 1 atom stereocenters. The molecule has 1 unspecified atom stereocenters. The second-order valence-electron chi connectivity index (χ2n) is 12.3. The lowest BCUT2D eigenvalue weighted by atomic mass is 9.72. The molecule has 0 aromatic heterocycles. The number of rotatable bonds is 16. The molecule has 0 bridgehead atoms. The fourth-order valence-electron chi connectivity index (χ4n) is 7.13. The summed E-state index contributed by atoms with van der Waals surface area (Å²) in [5.74, 6) is 4.02. The van der Waals surface area contributed by atoms with Crippen LogP contribution in [0, 0.1) is 23.7 Å². The van der Waals surface area contributed by atoms with Crippen molar-refractivity contribution in [3.05, 3.63) is 35.4 Å². The van der Waals surface area contributed by atoms with Gasteiger partial charge in [0.25, 0.3) is 0 Å². The van der Waals surface area contributed by atoms with Crippen LogP contribution in [0.5, 0.6) is 0 Å². The molecule has 194 valence electrons. The van der Waals surface area contributed by atoms with Crippen LogP contribution >= 0.6 is 0 Å². The summed E-state index contributed by atoms with van der Waals surface area (Å²) >= 11 is 0. The van der Waals surface area contributed by atoms with Crippen molar-refractivity contribution in [1.82, 2.24) is 0 Å². The largest absolute Gasteiger partial charge is 0.0654 e. The molecule has 1 aromatic carbocycles. The highest BCUT2D eigenvalue weighted by atomic mass is 14.3. The summed E-state index contributed by atoms with van der Waals surface area (Å²) < 4.78 is 0. The molecule has 2 fully saturated rings. The second kappa shape index (κ2) is 16.8. The van der Waals surface area contributed by atoms with E-state index in [9.17, 15) is 0 Å². The molecule has 0 nitrogen and oxygen atoms in total. The van der Waals surface area contributed by atoms with Gasteiger partial charge in [0.1, 0.15) is 0 Å². The zero-order chi connectivity index (χ0) is 23.8. The Bertz CT molecular complexity index is 599. The molecule has 0 aliphatic heterocycles. The van der Waals surface area contributed by atoms with Gasteiger partial charge in [-0.15, -0.1) is 0 Å². The van der Waals surface area contributed by atoms with Gasteiger partial charge in [0.05, 0.1) is 0 Å². The Labute approximate surface area is 214 Å². The molecule has 0 heterocycles. The fraction of sp³-hybridized carbons (Fsp3) is 0.824. The zero-order valence-corrected chi connectivity index (χ0v) is 23.2. The van der Waals surface area contributed by atoms with E-state index in [0.29, 0.717) is 0 Å². The van der Waals surface area contributed by atoms with E-state index in [4.69, 9.17) is 0 Å². The molecular formula is C34H58. The second-order valence-corrected chi connectivity index (χ2v) is 12.3. The topological polar surface area (TPSA) is 0 Å².